The van der Waals surface area contributed by atoms with Gasteiger partial charge in [0.1, 0.15) is 35.6 Å². The molecule has 0 amide bonds. The Balaban J connectivity index is 2.13. The van der Waals surface area contributed by atoms with Crippen molar-refractivity contribution in [2.75, 3.05) is 34.0 Å². The number of carbonyl (C=O) groups is 2. The van der Waals surface area contributed by atoms with Gasteiger partial charge in [0, 0.05) is 6.42 Å². The normalized spacial score (nSPS) is 13.1. The van der Waals surface area contributed by atoms with E-state index in [2.05, 4.69) is 6.07 Å². The molecule has 0 saturated carbocycles. The molecule has 3 aromatic rings. The number of ketones is 1. The number of ether oxygens (including phenoxy) is 4. The largest absolute Gasteiger partial charge is 0.497 e. The van der Waals surface area contributed by atoms with Gasteiger partial charge in [0.05, 0.1) is 58.4 Å². The Hall–Kier alpha value is -3.84. The van der Waals surface area contributed by atoms with Crippen molar-refractivity contribution < 1.29 is 42.2 Å². The maximum Gasteiger partial charge on any atom is 0.416 e. The molecule has 0 radical (unpaired) electrons. The molecule has 0 heterocycles. The van der Waals surface area contributed by atoms with E-state index in [1.165, 1.54) is 6.92 Å². The predicted molar refractivity (Wildman–Crippen MR) is 189 cm³/mol. The van der Waals surface area contributed by atoms with Crippen LogP contribution >= 0.6 is 8.53 Å². The Labute approximate surface area is 292 Å². The highest BCUT2D eigenvalue weighted by molar-refractivity contribution is 7.39. The summed E-state index contributed by atoms with van der Waals surface area (Å²) >= 11 is 0. The third-order valence-corrected chi connectivity index (χ3v) is 11.0. The molecule has 0 aliphatic carbocycles. The van der Waals surface area contributed by atoms with Crippen molar-refractivity contribution in [3.8, 4) is 17.6 Å². The zero-order valence-electron chi connectivity index (χ0n) is 29.6. The molecule has 264 valence electrons. The van der Waals surface area contributed by atoms with Crippen molar-refractivity contribution in [1.29, 1.82) is 5.26 Å². The van der Waals surface area contributed by atoms with Crippen molar-refractivity contribution in [1.82, 2.24) is 0 Å². The molecule has 0 aliphatic rings. The summed E-state index contributed by atoms with van der Waals surface area (Å²) in [6, 6.07) is 27.0. The van der Waals surface area contributed by atoms with Gasteiger partial charge in [-0.3, -0.25) is 13.6 Å². The Morgan fingerprint density at radius 2 is 1.33 bits per heavy atom. The van der Waals surface area contributed by atoms with Crippen molar-refractivity contribution >= 4 is 20.3 Å². The molecule has 49 heavy (non-hydrogen) atoms. The Kier molecular flexibility index (Phi) is 15.2. The van der Waals surface area contributed by atoms with E-state index in [1.54, 1.807) is 14.2 Å². The molecular weight excluding hydrogens is 643 g/mol. The maximum absolute atomic E-state index is 12.7. The van der Waals surface area contributed by atoms with Crippen LogP contribution < -0.4 is 9.47 Å². The van der Waals surface area contributed by atoms with Crippen molar-refractivity contribution in [2.45, 2.75) is 77.7 Å². The van der Waals surface area contributed by atoms with Crippen LogP contribution in [0.1, 0.15) is 70.6 Å². The van der Waals surface area contributed by atoms with Crippen LogP contribution in [0.4, 0.5) is 0 Å². The third-order valence-electron chi connectivity index (χ3n) is 8.70. The van der Waals surface area contributed by atoms with Gasteiger partial charge >= 0.3 is 14.5 Å². The van der Waals surface area contributed by atoms with Gasteiger partial charge in [-0.05, 0) is 75.6 Å². The Bertz CT molecular complexity index is 1450. The van der Waals surface area contributed by atoms with E-state index < -0.39 is 26.2 Å². The molecule has 11 heteroatoms. The topological polar surface area (TPSA) is 124 Å². The first kappa shape index (κ1) is 39.6. The molecule has 0 aliphatic heterocycles. The van der Waals surface area contributed by atoms with Crippen molar-refractivity contribution in [2.24, 2.45) is 0 Å². The van der Waals surface area contributed by atoms with E-state index in [9.17, 15) is 19.7 Å². The second-order valence-electron chi connectivity index (χ2n) is 12.4. The molecule has 1 N–H and O–H groups in total. The maximum atomic E-state index is 12.7. The zero-order valence-corrected chi connectivity index (χ0v) is 30.5. The van der Waals surface area contributed by atoms with Crippen LogP contribution in [0.5, 0.6) is 11.5 Å². The number of hydrogen-bond acceptors (Lipinski definition) is 9. The first-order valence-electron chi connectivity index (χ1n) is 16.5. The first-order valence-corrected chi connectivity index (χ1v) is 17.6. The van der Waals surface area contributed by atoms with Gasteiger partial charge in [-0.15, -0.1) is 0 Å². The minimum absolute atomic E-state index is 0.0640. The predicted octanol–water partition coefficient (Wildman–Crippen LogP) is 7.08. The van der Waals surface area contributed by atoms with Gasteiger partial charge in [-0.2, -0.15) is 5.26 Å². The molecular formula is C38H50N2O8P+. The third kappa shape index (κ3) is 9.87. The SMILES string of the molecule is COc1ccc(C(OCC(COC(=O)CCC(C)=O)OP(O)[N+](CCC#N)(C(C)C)C(C)C)(c2ccccc2)c2ccc(OC)cc2)cc1. The van der Waals surface area contributed by atoms with Crippen molar-refractivity contribution in [3.05, 3.63) is 95.6 Å². The molecule has 0 fully saturated rings. The number of carbonyl (C=O) groups excluding carboxylic acids is 2. The minimum Gasteiger partial charge on any atom is -0.497 e. The smallest absolute Gasteiger partial charge is 0.416 e. The number of hydrogen-bond donors (Lipinski definition) is 1. The molecule has 10 nitrogen and oxygen atoms in total. The minimum atomic E-state index is -2.20. The van der Waals surface area contributed by atoms with Gasteiger partial charge in [-0.1, -0.05) is 54.6 Å². The van der Waals surface area contributed by atoms with Crippen LogP contribution in [0.25, 0.3) is 0 Å². The number of Topliss-reactive ketones (excluding diaryl/α,β-unsaturated/α-hetero) is 1. The summed E-state index contributed by atoms with van der Waals surface area (Å²) in [4.78, 5) is 36.1. The quantitative estimate of drug-likeness (QED) is 0.0751. The van der Waals surface area contributed by atoms with Crippen LogP contribution in [0.2, 0.25) is 0 Å². The highest BCUT2D eigenvalue weighted by Gasteiger charge is 2.47. The second kappa shape index (κ2) is 18.8. The fourth-order valence-electron chi connectivity index (χ4n) is 5.98. The van der Waals surface area contributed by atoms with Gasteiger partial charge in [0.2, 0.25) is 0 Å². The summed E-state index contributed by atoms with van der Waals surface area (Å²) in [5.41, 5.74) is 1.26. The van der Waals surface area contributed by atoms with Crippen LogP contribution in [0, 0.1) is 11.3 Å². The number of nitrogens with zero attached hydrogens (tertiary/aromatic N) is 2. The highest BCUT2D eigenvalue weighted by atomic mass is 31.2. The number of esters is 1. The van der Waals surface area contributed by atoms with E-state index in [0.29, 0.717) is 18.0 Å². The molecule has 2 atom stereocenters. The van der Waals surface area contributed by atoms with Gasteiger partial charge in [-0.25, -0.2) is 0 Å². The lowest BCUT2D eigenvalue weighted by Crippen LogP contribution is -2.54. The summed E-state index contributed by atoms with van der Waals surface area (Å²) in [5, 5.41) is 9.46. The molecule has 3 aromatic carbocycles. The fourth-order valence-corrected chi connectivity index (χ4v) is 7.61. The summed E-state index contributed by atoms with van der Waals surface area (Å²) in [6.45, 7) is 9.46. The van der Waals surface area contributed by atoms with Gasteiger partial charge < -0.3 is 28.6 Å². The zero-order chi connectivity index (χ0) is 36.0. The molecule has 2 unspecified atom stereocenters. The lowest BCUT2D eigenvalue weighted by molar-refractivity contribution is -0.861. The van der Waals surface area contributed by atoms with E-state index in [1.807, 2.05) is 107 Å². The average molecular weight is 694 g/mol. The second-order valence-corrected chi connectivity index (χ2v) is 13.8. The summed E-state index contributed by atoms with van der Waals surface area (Å²) < 4.78 is 30.2. The van der Waals surface area contributed by atoms with E-state index in [4.69, 9.17) is 23.5 Å². The van der Waals surface area contributed by atoms with Crippen LogP contribution in [0.3, 0.4) is 0 Å². The van der Waals surface area contributed by atoms with Gasteiger partial charge in [0.25, 0.3) is 0 Å². The average Bonchev–Trinajstić information content (AvgIpc) is 3.10. The van der Waals surface area contributed by atoms with Crippen LogP contribution in [0.15, 0.2) is 78.9 Å². The van der Waals surface area contributed by atoms with Crippen LogP contribution in [-0.4, -0.2) is 73.1 Å². The number of rotatable bonds is 20. The lowest BCUT2D eigenvalue weighted by atomic mass is 9.80. The molecule has 0 saturated heterocycles. The molecule has 0 spiro atoms. The number of quaternary nitrogens is 1. The highest BCUT2D eigenvalue weighted by Crippen LogP contribution is 2.51. The van der Waals surface area contributed by atoms with E-state index in [-0.39, 0.29) is 54.6 Å². The number of methoxy groups -OCH3 is 2. The first-order chi connectivity index (χ1) is 23.4. The fraction of sp³-hybridized carbons (Fsp3) is 0.447. The molecule has 0 aromatic heterocycles. The molecule has 0 bridgehead atoms. The Morgan fingerprint density at radius 3 is 1.78 bits per heavy atom. The summed E-state index contributed by atoms with van der Waals surface area (Å²) in [5.74, 6) is 0.688. The number of benzene rings is 3. The standard InChI is InChI=1S/C38H50N2O8P/c1-28(2)40(29(3)4,25-11-24-39)49(43)48-36(26-46-37(42)23-14-30(5)41)27-47-38(31-12-9-8-10-13-31,32-15-19-34(44-6)20-16-32)33-17-21-35(45-7)22-18-33/h8-10,12-13,15-22,28-29,36,43H,11,14,23,25-27H2,1-7H3/q+1. The summed E-state index contributed by atoms with van der Waals surface area (Å²) in [6.07, 6.45) is -0.683. The summed E-state index contributed by atoms with van der Waals surface area (Å²) in [7, 11) is 1.01. The van der Waals surface area contributed by atoms with E-state index in [0.717, 1.165) is 16.7 Å². The lowest BCUT2D eigenvalue weighted by Gasteiger charge is -2.46. The van der Waals surface area contributed by atoms with Crippen LogP contribution in [-0.2, 0) is 29.2 Å². The monoisotopic (exact) mass is 693 g/mol. The van der Waals surface area contributed by atoms with E-state index >= 15 is 0 Å². The van der Waals surface area contributed by atoms with Crippen molar-refractivity contribution in [3.63, 3.8) is 0 Å². The van der Waals surface area contributed by atoms with Gasteiger partial charge in [0.15, 0.2) is 0 Å². The molecule has 3 rings (SSSR count). The number of nitriles is 1. The Morgan fingerprint density at radius 1 is 0.816 bits per heavy atom.